The fourth-order valence-corrected chi connectivity index (χ4v) is 1.78. The SMILES string of the molecule is COC(=O)c1nc(-c2ccccc2)c(Cl)cc1O. The second-order valence-electron chi connectivity index (χ2n) is 3.54. The highest BCUT2D eigenvalue weighted by Gasteiger charge is 2.17. The van der Waals surface area contributed by atoms with E-state index in [0.29, 0.717) is 5.69 Å². The molecule has 1 aromatic heterocycles. The topological polar surface area (TPSA) is 59.4 Å². The lowest BCUT2D eigenvalue weighted by atomic mass is 10.1. The first kappa shape index (κ1) is 12.4. The van der Waals surface area contributed by atoms with Crippen LogP contribution in [-0.2, 0) is 4.74 Å². The summed E-state index contributed by atoms with van der Waals surface area (Å²) in [7, 11) is 1.22. The van der Waals surface area contributed by atoms with Crippen molar-refractivity contribution in [1.82, 2.24) is 4.98 Å². The molecule has 0 aliphatic rings. The van der Waals surface area contributed by atoms with Crippen molar-refractivity contribution >= 4 is 17.6 Å². The minimum atomic E-state index is -0.707. The van der Waals surface area contributed by atoms with E-state index in [2.05, 4.69) is 9.72 Å². The number of aromatic nitrogens is 1. The van der Waals surface area contributed by atoms with Gasteiger partial charge in [-0.3, -0.25) is 0 Å². The zero-order valence-electron chi connectivity index (χ0n) is 9.55. The highest BCUT2D eigenvalue weighted by molar-refractivity contribution is 6.33. The number of rotatable bonds is 2. The first-order valence-electron chi connectivity index (χ1n) is 5.16. The quantitative estimate of drug-likeness (QED) is 0.847. The predicted molar refractivity (Wildman–Crippen MR) is 67.7 cm³/mol. The number of hydrogen-bond donors (Lipinski definition) is 1. The van der Waals surface area contributed by atoms with E-state index >= 15 is 0 Å². The lowest BCUT2D eigenvalue weighted by molar-refractivity contribution is 0.0590. The summed E-state index contributed by atoms with van der Waals surface area (Å²) in [6, 6.07) is 10.4. The van der Waals surface area contributed by atoms with Gasteiger partial charge in [-0.2, -0.15) is 0 Å². The summed E-state index contributed by atoms with van der Waals surface area (Å²) in [4.78, 5) is 15.5. The summed E-state index contributed by atoms with van der Waals surface area (Å²) in [5.74, 6) is -1.01. The van der Waals surface area contributed by atoms with Crippen LogP contribution in [0, 0.1) is 0 Å². The van der Waals surface area contributed by atoms with Crippen LogP contribution in [0.3, 0.4) is 0 Å². The molecular weight excluding hydrogens is 254 g/mol. The second-order valence-corrected chi connectivity index (χ2v) is 3.95. The lowest BCUT2D eigenvalue weighted by Crippen LogP contribution is -2.05. The third-order valence-corrected chi connectivity index (χ3v) is 2.67. The van der Waals surface area contributed by atoms with Crippen LogP contribution in [0.1, 0.15) is 10.5 Å². The smallest absolute Gasteiger partial charge is 0.360 e. The predicted octanol–water partition coefficient (Wildman–Crippen LogP) is 2.89. The third-order valence-electron chi connectivity index (χ3n) is 2.38. The molecule has 0 radical (unpaired) electrons. The zero-order chi connectivity index (χ0) is 13.1. The Labute approximate surface area is 109 Å². The van der Waals surface area contributed by atoms with Crippen molar-refractivity contribution in [2.24, 2.45) is 0 Å². The fourth-order valence-electron chi connectivity index (χ4n) is 1.52. The molecule has 1 aromatic carbocycles. The van der Waals surface area contributed by atoms with Crippen LogP contribution in [0.4, 0.5) is 0 Å². The number of hydrogen-bond acceptors (Lipinski definition) is 4. The van der Waals surface area contributed by atoms with Crippen LogP contribution in [0.25, 0.3) is 11.3 Å². The van der Waals surface area contributed by atoms with Gasteiger partial charge in [0.2, 0.25) is 0 Å². The number of nitrogens with zero attached hydrogens (tertiary/aromatic N) is 1. The Morgan fingerprint density at radius 2 is 2.00 bits per heavy atom. The van der Waals surface area contributed by atoms with Crippen LogP contribution in [0.2, 0.25) is 5.02 Å². The number of methoxy groups -OCH3 is 1. The molecule has 0 bridgehead atoms. The van der Waals surface area contributed by atoms with Crippen LogP contribution < -0.4 is 0 Å². The van der Waals surface area contributed by atoms with Gasteiger partial charge in [-0.15, -0.1) is 0 Å². The molecule has 0 unspecified atom stereocenters. The second kappa shape index (κ2) is 5.06. The van der Waals surface area contributed by atoms with Crippen molar-refractivity contribution in [1.29, 1.82) is 0 Å². The molecule has 0 saturated carbocycles. The number of pyridine rings is 1. The van der Waals surface area contributed by atoms with Gasteiger partial charge in [0.05, 0.1) is 17.8 Å². The van der Waals surface area contributed by atoms with Crippen molar-refractivity contribution in [3.63, 3.8) is 0 Å². The first-order valence-corrected chi connectivity index (χ1v) is 5.54. The largest absolute Gasteiger partial charge is 0.505 e. The molecule has 5 heteroatoms. The van der Waals surface area contributed by atoms with E-state index in [1.54, 1.807) is 0 Å². The summed E-state index contributed by atoms with van der Waals surface area (Å²) in [5, 5.41) is 9.89. The van der Waals surface area contributed by atoms with E-state index in [9.17, 15) is 9.90 Å². The Balaban J connectivity index is 2.59. The first-order chi connectivity index (χ1) is 8.63. The van der Waals surface area contributed by atoms with Crippen molar-refractivity contribution in [2.75, 3.05) is 7.11 Å². The summed E-state index contributed by atoms with van der Waals surface area (Å²) in [6.45, 7) is 0. The molecule has 0 aliphatic carbocycles. The molecule has 0 spiro atoms. The number of carbonyl (C=O) groups excluding carboxylic acids is 1. The summed E-state index contributed by atoms with van der Waals surface area (Å²) >= 11 is 6.01. The number of aromatic hydroxyl groups is 1. The fraction of sp³-hybridized carbons (Fsp3) is 0.0769. The highest BCUT2D eigenvalue weighted by Crippen LogP contribution is 2.30. The molecule has 0 fully saturated rings. The Morgan fingerprint density at radius 3 is 2.61 bits per heavy atom. The number of halogens is 1. The maximum atomic E-state index is 11.4. The Hall–Kier alpha value is -2.07. The van der Waals surface area contributed by atoms with Crippen molar-refractivity contribution in [2.45, 2.75) is 0 Å². The molecule has 1 N–H and O–H groups in total. The Morgan fingerprint density at radius 1 is 1.33 bits per heavy atom. The summed E-state index contributed by atoms with van der Waals surface area (Å²) in [6.07, 6.45) is 0. The van der Waals surface area contributed by atoms with Crippen LogP contribution in [0.15, 0.2) is 36.4 Å². The molecule has 1 heterocycles. The van der Waals surface area contributed by atoms with Crippen LogP contribution >= 0.6 is 11.6 Å². The molecule has 2 aromatic rings. The van der Waals surface area contributed by atoms with Crippen molar-refractivity contribution in [3.05, 3.63) is 47.1 Å². The van der Waals surface area contributed by atoms with Gasteiger partial charge in [-0.1, -0.05) is 41.9 Å². The number of carbonyl (C=O) groups is 1. The number of ether oxygens (including phenoxy) is 1. The van der Waals surface area contributed by atoms with E-state index in [4.69, 9.17) is 11.6 Å². The minimum absolute atomic E-state index is 0.152. The van der Waals surface area contributed by atoms with Gasteiger partial charge in [0.15, 0.2) is 5.69 Å². The van der Waals surface area contributed by atoms with Crippen molar-refractivity contribution < 1.29 is 14.6 Å². The average molecular weight is 264 g/mol. The van der Waals surface area contributed by atoms with Gasteiger partial charge in [0.1, 0.15) is 5.75 Å². The van der Waals surface area contributed by atoms with Gasteiger partial charge in [-0.05, 0) is 0 Å². The van der Waals surface area contributed by atoms with Gasteiger partial charge < -0.3 is 9.84 Å². The molecule has 0 aliphatic heterocycles. The monoisotopic (exact) mass is 263 g/mol. The molecule has 0 atom stereocenters. The third kappa shape index (κ3) is 2.28. The number of benzene rings is 1. The average Bonchev–Trinajstić information content (AvgIpc) is 2.39. The maximum Gasteiger partial charge on any atom is 0.360 e. The van der Waals surface area contributed by atoms with E-state index < -0.39 is 5.97 Å². The molecule has 0 amide bonds. The molecule has 92 valence electrons. The normalized spacial score (nSPS) is 10.1. The van der Waals surface area contributed by atoms with Gasteiger partial charge in [-0.25, -0.2) is 9.78 Å². The standard InChI is InChI=1S/C13H10ClNO3/c1-18-13(17)12-10(16)7-9(14)11(15-12)8-5-3-2-4-6-8/h2-7,16H,1H3. The van der Waals surface area contributed by atoms with Gasteiger partial charge in [0, 0.05) is 11.6 Å². The molecule has 4 nitrogen and oxygen atoms in total. The number of esters is 1. The minimum Gasteiger partial charge on any atom is -0.505 e. The lowest BCUT2D eigenvalue weighted by Gasteiger charge is -2.07. The van der Waals surface area contributed by atoms with E-state index in [1.807, 2.05) is 30.3 Å². The zero-order valence-corrected chi connectivity index (χ0v) is 10.3. The van der Waals surface area contributed by atoms with Crippen LogP contribution in [-0.4, -0.2) is 23.2 Å². The maximum absolute atomic E-state index is 11.4. The van der Waals surface area contributed by atoms with Gasteiger partial charge in [0.25, 0.3) is 0 Å². The summed E-state index contributed by atoms with van der Waals surface area (Å²) in [5.41, 5.74) is 1.03. The Kier molecular flexibility index (Phi) is 3.48. The van der Waals surface area contributed by atoms with Crippen LogP contribution in [0.5, 0.6) is 5.75 Å². The Bertz CT molecular complexity index is 584. The van der Waals surface area contributed by atoms with E-state index in [0.717, 1.165) is 5.56 Å². The van der Waals surface area contributed by atoms with Crippen molar-refractivity contribution in [3.8, 4) is 17.0 Å². The molecule has 2 rings (SSSR count). The molecule has 0 saturated heterocycles. The molecular formula is C13H10ClNO3. The summed E-state index contributed by atoms with van der Waals surface area (Å²) < 4.78 is 4.54. The molecule has 18 heavy (non-hydrogen) atoms. The van der Waals surface area contributed by atoms with E-state index in [-0.39, 0.29) is 16.5 Å². The highest BCUT2D eigenvalue weighted by atomic mass is 35.5. The van der Waals surface area contributed by atoms with E-state index in [1.165, 1.54) is 13.2 Å². The van der Waals surface area contributed by atoms with Gasteiger partial charge >= 0.3 is 5.97 Å².